The number of hydrogen-bond donors (Lipinski definition) is 0. The van der Waals surface area contributed by atoms with E-state index in [1.165, 1.54) is 5.56 Å². The molecule has 1 aromatic rings. The average Bonchev–Trinajstić information content (AvgIpc) is 2.25. The van der Waals surface area contributed by atoms with Crippen LogP contribution in [0.2, 0.25) is 0 Å². The van der Waals surface area contributed by atoms with E-state index in [1.807, 2.05) is 32.9 Å². The van der Waals surface area contributed by atoms with Crippen LogP contribution in [0.5, 0.6) is 0 Å². The topological polar surface area (TPSA) is 29.4 Å². The summed E-state index contributed by atoms with van der Waals surface area (Å²) in [5.41, 5.74) is 2.28. The summed E-state index contributed by atoms with van der Waals surface area (Å²) in [7, 11) is -1.18. The second-order valence-corrected chi connectivity index (χ2v) is 6.63. The standard InChI is InChI=1S/C13H19NOS/c1-5-11-7-6-8-12(9-11)10-14-16(15)13(2,3)4/h6-10H,5H2,1-4H3/t16-/m0/s1. The average molecular weight is 237 g/mol. The molecule has 0 heterocycles. The minimum absolute atomic E-state index is 0.293. The lowest BCUT2D eigenvalue weighted by molar-refractivity contribution is 0.651. The molecule has 1 atom stereocenters. The summed E-state index contributed by atoms with van der Waals surface area (Å²) in [6.07, 6.45) is 2.70. The highest BCUT2D eigenvalue weighted by Crippen LogP contribution is 2.12. The van der Waals surface area contributed by atoms with Crippen LogP contribution in [-0.4, -0.2) is 15.2 Å². The number of rotatable bonds is 3. The lowest BCUT2D eigenvalue weighted by Crippen LogP contribution is -2.19. The molecule has 0 aliphatic heterocycles. The summed E-state index contributed by atoms with van der Waals surface area (Å²) < 4.78 is 15.5. The Hall–Kier alpha value is -0.960. The van der Waals surface area contributed by atoms with Crippen molar-refractivity contribution in [1.82, 2.24) is 0 Å². The van der Waals surface area contributed by atoms with Crippen molar-refractivity contribution in [3.63, 3.8) is 0 Å². The highest BCUT2D eigenvalue weighted by molar-refractivity contribution is 7.85. The van der Waals surface area contributed by atoms with E-state index in [2.05, 4.69) is 23.5 Å². The Kier molecular flexibility index (Phi) is 4.42. The lowest BCUT2D eigenvalue weighted by Gasteiger charge is -2.12. The van der Waals surface area contributed by atoms with Gasteiger partial charge < -0.3 is 0 Å². The van der Waals surface area contributed by atoms with Gasteiger partial charge in [0, 0.05) is 6.21 Å². The normalized spacial score (nSPS) is 14.2. The third-order valence-electron chi connectivity index (χ3n) is 2.18. The Bertz CT molecular complexity index is 405. The highest BCUT2D eigenvalue weighted by atomic mass is 32.2. The van der Waals surface area contributed by atoms with Crippen molar-refractivity contribution in [2.75, 3.05) is 0 Å². The smallest absolute Gasteiger partial charge is 0.144 e. The van der Waals surface area contributed by atoms with E-state index in [0.29, 0.717) is 0 Å². The first kappa shape index (κ1) is 13.1. The molecule has 88 valence electrons. The zero-order chi connectivity index (χ0) is 12.2. The Labute approximate surface area is 100 Å². The van der Waals surface area contributed by atoms with Crippen LogP contribution in [0.4, 0.5) is 0 Å². The SMILES string of the molecule is CCc1cccc(C=N[S@@](=O)C(C)(C)C)c1. The van der Waals surface area contributed by atoms with Gasteiger partial charge >= 0.3 is 0 Å². The van der Waals surface area contributed by atoms with Gasteiger partial charge in [-0.15, -0.1) is 0 Å². The summed E-state index contributed by atoms with van der Waals surface area (Å²) in [5.74, 6) is 0. The van der Waals surface area contributed by atoms with Gasteiger partial charge in [0.25, 0.3) is 0 Å². The summed E-state index contributed by atoms with van der Waals surface area (Å²) in [6.45, 7) is 7.87. The molecule has 0 N–H and O–H groups in total. The van der Waals surface area contributed by atoms with Crippen LogP contribution >= 0.6 is 0 Å². The second-order valence-electron chi connectivity index (χ2n) is 4.69. The van der Waals surface area contributed by atoms with Gasteiger partial charge in [-0.1, -0.05) is 31.2 Å². The van der Waals surface area contributed by atoms with Crippen LogP contribution in [0.15, 0.2) is 28.7 Å². The Balaban J connectivity index is 2.80. The van der Waals surface area contributed by atoms with Crippen molar-refractivity contribution >= 4 is 17.2 Å². The molecule has 0 aliphatic rings. The zero-order valence-corrected chi connectivity index (χ0v) is 11.2. The molecule has 0 unspecified atom stereocenters. The maximum absolute atomic E-state index is 11.7. The fraction of sp³-hybridized carbons (Fsp3) is 0.462. The molecule has 0 aliphatic carbocycles. The predicted molar refractivity (Wildman–Crippen MR) is 71.3 cm³/mol. The maximum atomic E-state index is 11.7. The van der Waals surface area contributed by atoms with Crippen molar-refractivity contribution in [3.8, 4) is 0 Å². The molecule has 0 bridgehead atoms. The van der Waals surface area contributed by atoms with Crippen molar-refractivity contribution in [3.05, 3.63) is 35.4 Å². The van der Waals surface area contributed by atoms with Gasteiger partial charge in [0.15, 0.2) is 0 Å². The van der Waals surface area contributed by atoms with Crippen molar-refractivity contribution in [2.24, 2.45) is 4.40 Å². The molecular weight excluding hydrogens is 218 g/mol. The van der Waals surface area contributed by atoms with Crippen LogP contribution in [0, 0.1) is 0 Å². The van der Waals surface area contributed by atoms with Crippen LogP contribution in [-0.2, 0) is 17.4 Å². The van der Waals surface area contributed by atoms with E-state index in [0.717, 1.165) is 12.0 Å². The van der Waals surface area contributed by atoms with E-state index in [-0.39, 0.29) is 4.75 Å². The molecule has 0 fully saturated rings. The van der Waals surface area contributed by atoms with E-state index in [9.17, 15) is 4.21 Å². The van der Waals surface area contributed by atoms with Gasteiger partial charge in [0.2, 0.25) is 0 Å². The molecule has 0 amide bonds. The summed E-state index contributed by atoms with van der Waals surface area (Å²) in [4.78, 5) is 0. The molecule has 1 rings (SSSR count). The second kappa shape index (κ2) is 5.39. The van der Waals surface area contributed by atoms with E-state index < -0.39 is 11.0 Å². The molecule has 1 aromatic carbocycles. The molecule has 3 heteroatoms. The third kappa shape index (κ3) is 3.89. The first-order chi connectivity index (χ1) is 7.43. The van der Waals surface area contributed by atoms with Crippen LogP contribution in [0.3, 0.4) is 0 Å². The molecule has 2 nitrogen and oxygen atoms in total. The van der Waals surface area contributed by atoms with Gasteiger partial charge in [-0.25, -0.2) is 4.21 Å². The predicted octanol–water partition coefficient (Wildman–Crippen LogP) is 3.13. The van der Waals surface area contributed by atoms with E-state index in [4.69, 9.17) is 0 Å². The summed E-state index contributed by atoms with van der Waals surface area (Å²) in [6, 6.07) is 8.13. The Morgan fingerprint density at radius 2 is 2.06 bits per heavy atom. The summed E-state index contributed by atoms with van der Waals surface area (Å²) >= 11 is 0. The number of nitrogens with zero attached hydrogens (tertiary/aromatic N) is 1. The molecule has 0 saturated carbocycles. The number of benzene rings is 1. The molecule has 0 radical (unpaired) electrons. The van der Waals surface area contributed by atoms with Gasteiger partial charge in [-0.2, -0.15) is 4.40 Å². The number of hydrogen-bond acceptors (Lipinski definition) is 1. The Morgan fingerprint density at radius 1 is 1.38 bits per heavy atom. The molecule has 0 aromatic heterocycles. The van der Waals surface area contributed by atoms with Crippen molar-refractivity contribution in [2.45, 2.75) is 38.9 Å². The fourth-order valence-electron chi connectivity index (χ4n) is 1.16. The minimum Gasteiger partial charge on any atom is -0.234 e. The lowest BCUT2D eigenvalue weighted by atomic mass is 10.1. The van der Waals surface area contributed by atoms with Gasteiger partial charge in [0.05, 0.1) is 4.75 Å². The van der Waals surface area contributed by atoms with Gasteiger partial charge in [-0.3, -0.25) is 0 Å². The van der Waals surface area contributed by atoms with Gasteiger partial charge in [0.1, 0.15) is 11.0 Å². The highest BCUT2D eigenvalue weighted by Gasteiger charge is 2.17. The van der Waals surface area contributed by atoms with Crippen LogP contribution < -0.4 is 0 Å². The molecule has 16 heavy (non-hydrogen) atoms. The quantitative estimate of drug-likeness (QED) is 0.743. The van der Waals surface area contributed by atoms with Crippen molar-refractivity contribution < 1.29 is 4.21 Å². The van der Waals surface area contributed by atoms with E-state index >= 15 is 0 Å². The monoisotopic (exact) mass is 237 g/mol. The first-order valence-corrected chi connectivity index (χ1v) is 6.59. The van der Waals surface area contributed by atoms with Crippen LogP contribution in [0.25, 0.3) is 0 Å². The Morgan fingerprint density at radius 3 is 2.62 bits per heavy atom. The van der Waals surface area contributed by atoms with Crippen LogP contribution in [0.1, 0.15) is 38.8 Å². The summed E-state index contributed by atoms with van der Waals surface area (Å²) in [5, 5.41) is 0. The van der Waals surface area contributed by atoms with E-state index in [1.54, 1.807) is 6.21 Å². The largest absolute Gasteiger partial charge is 0.234 e. The van der Waals surface area contributed by atoms with Gasteiger partial charge in [-0.05, 0) is 38.3 Å². The first-order valence-electron chi connectivity index (χ1n) is 5.48. The molecular formula is C13H19NOS. The van der Waals surface area contributed by atoms with Crippen molar-refractivity contribution in [1.29, 1.82) is 0 Å². The minimum atomic E-state index is -1.18. The molecule has 0 spiro atoms. The third-order valence-corrected chi connectivity index (χ3v) is 3.53. The fourth-order valence-corrected chi connectivity index (χ4v) is 1.69. The molecule has 0 saturated heterocycles. The number of aryl methyl sites for hydroxylation is 1. The zero-order valence-electron chi connectivity index (χ0n) is 10.4. The maximum Gasteiger partial charge on any atom is 0.144 e.